The zero-order chi connectivity index (χ0) is 18.1. The number of ether oxygens (including phenoxy) is 1. The van der Waals surface area contributed by atoms with E-state index in [-0.39, 0.29) is 6.10 Å². The van der Waals surface area contributed by atoms with Crippen molar-refractivity contribution in [2.45, 2.75) is 38.6 Å². The smallest absolute Gasteiger partial charge is 0.356 e. The molecule has 4 rings (SSSR count). The van der Waals surface area contributed by atoms with Crippen molar-refractivity contribution in [2.24, 2.45) is 5.90 Å². The summed E-state index contributed by atoms with van der Waals surface area (Å²) >= 11 is 0. The topological polar surface area (TPSA) is 94.6 Å². The third-order valence-electron chi connectivity index (χ3n) is 5.33. The van der Waals surface area contributed by atoms with Gasteiger partial charge in [0, 0.05) is 32.3 Å². The van der Waals surface area contributed by atoms with E-state index in [9.17, 15) is 4.79 Å². The van der Waals surface area contributed by atoms with Crippen molar-refractivity contribution in [3.8, 4) is 0 Å². The molecule has 2 aliphatic heterocycles. The molecule has 1 aromatic carbocycles. The highest BCUT2D eigenvalue weighted by molar-refractivity contribution is 5.93. The number of nitrogens with two attached hydrogens (primary N) is 1. The maximum Gasteiger partial charge on any atom is 0.356 e. The number of nitrogens with zero attached hydrogens (tertiary/aromatic N) is 3. The fourth-order valence-electron chi connectivity index (χ4n) is 3.62. The molecule has 3 heterocycles. The van der Waals surface area contributed by atoms with Crippen molar-refractivity contribution in [1.82, 2.24) is 19.8 Å². The Morgan fingerprint density at radius 1 is 1.50 bits per heavy atom. The molecule has 0 bridgehead atoms. The monoisotopic (exact) mass is 359 g/mol. The highest BCUT2D eigenvalue weighted by Gasteiger charge is 2.25. The van der Waals surface area contributed by atoms with Crippen molar-refractivity contribution >= 4 is 17.0 Å². The number of nitrogens with one attached hydrogen (secondary N) is 1. The summed E-state index contributed by atoms with van der Waals surface area (Å²) in [6, 6.07) is 5.82. The number of fused-ring (bicyclic) bond motifs is 1. The molecule has 2 aromatic rings. The molecule has 0 amide bonds. The third kappa shape index (κ3) is 3.33. The molecule has 0 aliphatic carbocycles. The van der Waals surface area contributed by atoms with Crippen LogP contribution >= 0.6 is 0 Å². The van der Waals surface area contributed by atoms with Crippen LogP contribution in [0.5, 0.6) is 0 Å². The van der Waals surface area contributed by atoms with Crippen LogP contribution in [0.4, 0.5) is 0 Å². The lowest BCUT2D eigenvalue weighted by Gasteiger charge is -2.34. The fraction of sp³-hybridized carbons (Fsp3) is 0.556. The summed E-state index contributed by atoms with van der Waals surface area (Å²) in [4.78, 5) is 23.5. The minimum atomic E-state index is -0.545. The summed E-state index contributed by atoms with van der Waals surface area (Å²) in [5.74, 6) is 5.49. The molecule has 2 aliphatic rings. The second kappa shape index (κ2) is 7.32. The van der Waals surface area contributed by atoms with Gasteiger partial charge in [0.05, 0.1) is 35.8 Å². The van der Waals surface area contributed by atoms with Gasteiger partial charge in [-0.15, -0.1) is 0 Å². The molecule has 2 unspecified atom stereocenters. The Bertz CT molecular complexity index is 801. The summed E-state index contributed by atoms with van der Waals surface area (Å²) in [7, 11) is 0. The minimum absolute atomic E-state index is 0.205. The zero-order valence-corrected chi connectivity index (χ0v) is 15.0. The van der Waals surface area contributed by atoms with E-state index in [1.807, 2.05) is 6.07 Å². The molecule has 8 heteroatoms. The predicted octanol–water partition coefficient (Wildman–Crippen LogP) is 0.649. The molecule has 2 atom stereocenters. The first kappa shape index (κ1) is 17.4. The standard InChI is InChI=1S/C18H25N5O3/c1-12-9-20-5-6-22(12)11-17-21-15-3-2-13(18(24)26-19)8-16(15)23(17)10-14-4-7-25-14/h2-3,8,12,14,20H,4-7,9-11,19H2,1H3. The third-order valence-corrected chi connectivity index (χ3v) is 5.33. The Morgan fingerprint density at radius 2 is 2.35 bits per heavy atom. The Labute approximate surface area is 152 Å². The highest BCUT2D eigenvalue weighted by Crippen LogP contribution is 2.24. The number of rotatable bonds is 5. The van der Waals surface area contributed by atoms with Crippen molar-refractivity contribution < 1.29 is 14.4 Å². The van der Waals surface area contributed by atoms with E-state index >= 15 is 0 Å². The van der Waals surface area contributed by atoms with Gasteiger partial charge in [0.2, 0.25) is 0 Å². The molecule has 26 heavy (non-hydrogen) atoms. The number of carbonyl (C=O) groups is 1. The highest BCUT2D eigenvalue weighted by atomic mass is 16.7. The van der Waals surface area contributed by atoms with E-state index in [0.717, 1.165) is 62.6 Å². The van der Waals surface area contributed by atoms with Crippen LogP contribution < -0.4 is 11.2 Å². The maximum absolute atomic E-state index is 11.8. The van der Waals surface area contributed by atoms with Gasteiger partial charge in [-0.3, -0.25) is 4.90 Å². The first-order valence-electron chi connectivity index (χ1n) is 9.12. The van der Waals surface area contributed by atoms with E-state index in [4.69, 9.17) is 15.6 Å². The first-order chi connectivity index (χ1) is 12.7. The average molecular weight is 359 g/mol. The van der Waals surface area contributed by atoms with Crippen LogP contribution in [0.2, 0.25) is 0 Å². The molecule has 2 saturated heterocycles. The van der Waals surface area contributed by atoms with Gasteiger partial charge in [-0.1, -0.05) is 0 Å². The molecular weight excluding hydrogens is 334 g/mol. The number of aromatic nitrogens is 2. The SMILES string of the molecule is CC1CNCCN1Cc1nc2ccc(C(=O)ON)cc2n1CC1CCO1. The predicted molar refractivity (Wildman–Crippen MR) is 96.4 cm³/mol. The lowest BCUT2D eigenvalue weighted by molar-refractivity contribution is -0.0592. The van der Waals surface area contributed by atoms with Crippen LogP contribution in [0, 0.1) is 0 Å². The molecule has 8 nitrogen and oxygen atoms in total. The zero-order valence-electron chi connectivity index (χ0n) is 15.0. The largest absolute Gasteiger partial charge is 0.376 e. The number of hydrogen-bond acceptors (Lipinski definition) is 7. The Hall–Kier alpha value is -2.00. The minimum Gasteiger partial charge on any atom is -0.376 e. The van der Waals surface area contributed by atoms with Crippen LogP contribution in [0.1, 0.15) is 29.5 Å². The molecule has 2 fully saturated rings. The number of benzene rings is 1. The van der Waals surface area contributed by atoms with Crippen molar-refractivity contribution in [3.05, 3.63) is 29.6 Å². The summed E-state index contributed by atoms with van der Waals surface area (Å²) in [6.45, 7) is 7.53. The van der Waals surface area contributed by atoms with E-state index in [1.54, 1.807) is 12.1 Å². The van der Waals surface area contributed by atoms with Gasteiger partial charge < -0.3 is 19.5 Å². The molecule has 1 aromatic heterocycles. The normalized spacial score (nSPS) is 23.8. The van der Waals surface area contributed by atoms with Crippen LogP contribution in [0.25, 0.3) is 11.0 Å². The van der Waals surface area contributed by atoms with Crippen molar-refractivity contribution in [3.63, 3.8) is 0 Å². The van der Waals surface area contributed by atoms with Gasteiger partial charge in [-0.25, -0.2) is 9.78 Å². The molecule has 0 saturated carbocycles. The number of carbonyl (C=O) groups excluding carboxylic acids is 1. The second-order valence-corrected chi connectivity index (χ2v) is 7.05. The lowest BCUT2D eigenvalue weighted by atomic mass is 10.1. The van der Waals surface area contributed by atoms with Crippen LogP contribution in [0.15, 0.2) is 18.2 Å². The Morgan fingerprint density at radius 3 is 3.04 bits per heavy atom. The average Bonchev–Trinajstić information content (AvgIpc) is 2.95. The maximum atomic E-state index is 11.8. The fourth-order valence-corrected chi connectivity index (χ4v) is 3.62. The summed E-state index contributed by atoms with van der Waals surface area (Å²) in [6.07, 6.45) is 1.25. The van der Waals surface area contributed by atoms with Gasteiger partial charge in [0.15, 0.2) is 0 Å². The number of hydrogen-bond donors (Lipinski definition) is 2. The summed E-state index contributed by atoms with van der Waals surface area (Å²) in [5.41, 5.74) is 2.22. The van der Waals surface area contributed by atoms with Gasteiger partial charge in [-0.05, 0) is 31.5 Å². The van der Waals surface area contributed by atoms with Gasteiger partial charge in [-0.2, -0.15) is 5.90 Å². The lowest BCUT2D eigenvalue weighted by Crippen LogP contribution is -2.49. The molecule has 3 N–H and O–H groups in total. The van der Waals surface area contributed by atoms with Crippen LogP contribution in [0.3, 0.4) is 0 Å². The van der Waals surface area contributed by atoms with E-state index < -0.39 is 5.97 Å². The molecule has 0 spiro atoms. The number of piperazine rings is 1. The van der Waals surface area contributed by atoms with E-state index in [2.05, 4.69) is 26.5 Å². The van der Waals surface area contributed by atoms with E-state index in [1.165, 1.54) is 0 Å². The quantitative estimate of drug-likeness (QED) is 0.757. The summed E-state index contributed by atoms with van der Waals surface area (Å²) in [5, 5.41) is 3.42. The molecule has 0 radical (unpaired) electrons. The van der Waals surface area contributed by atoms with Crippen molar-refractivity contribution in [2.75, 3.05) is 26.2 Å². The van der Waals surface area contributed by atoms with Crippen LogP contribution in [-0.2, 0) is 22.7 Å². The van der Waals surface area contributed by atoms with Gasteiger partial charge in [0.25, 0.3) is 0 Å². The molecular formula is C18H25N5O3. The number of imidazole rings is 1. The first-order valence-corrected chi connectivity index (χ1v) is 9.12. The van der Waals surface area contributed by atoms with Crippen molar-refractivity contribution in [1.29, 1.82) is 0 Å². The Balaban J connectivity index is 1.69. The summed E-state index contributed by atoms with van der Waals surface area (Å²) < 4.78 is 7.82. The van der Waals surface area contributed by atoms with Gasteiger partial charge in [0.1, 0.15) is 5.82 Å². The van der Waals surface area contributed by atoms with Gasteiger partial charge >= 0.3 is 5.97 Å². The van der Waals surface area contributed by atoms with E-state index in [0.29, 0.717) is 11.6 Å². The van der Waals surface area contributed by atoms with Crippen LogP contribution in [-0.4, -0.2) is 58.8 Å². The molecule has 140 valence electrons. The Kier molecular flexibility index (Phi) is 4.90. The second-order valence-electron chi connectivity index (χ2n) is 7.05.